The summed E-state index contributed by atoms with van der Waals surface area (Å²) in [6.45, 7) is 3.60. The fraction of sp³-hybridized carbons (Fsp3) is 0.500. The number of nitrogens with one attached hydrogen (secondary N) is 1. The van der Waals surface area contributed by atoms with Gasteiger partial charge in [0.15, 0.2) is 0 Å². The predicted octanol–water partition coefficient (Wildman–Crippen LogP) is 3.51. The summed E-state index contributed by atoms with van der Waals surface area (Å²) in [6, 6.07) is 10.2. The van der Waals surface area contributed by atoms with E-state index in [0.717, 1.165) is 68.9 Å². The van der Waals surface area contributed by atoms with Gasteiger partial charge in [0.05, 0.1) is 6.04 Å². The summed E-state index contributed by atoms with van der Waals surface area (Å²) in [5.41, 5.74) is 3.34. The first-order valence-electron chi connectivity index (χ1n) is 11.7. The lowest BCUT2D eigenvalue weighted by Crippen LogP contribution is -2.42. The Morgan fingerprint density at radius 3 is 2.84 bits per heavy atom. The number of fused-ring (bicyclic) bond motifs is 2. The largest absolute Gasteiger partial charge is 0.349 e. The Morgan fingerprint density at radius 1 is 1.22 bits per heavy atom. The number of benzene rings is 1. The van der Waals surface area contributed by atoms with Gasteiger partial charge in [-0.1, -0.05) is 48.9 Å². The number of nitrogens with zero attached hydrogens (tertiary/aromatic N) is 4. The Morgan fingerprint density at radius 2 is 2.03 bits per heavy atom. The van der Waals surface area contributed by atoms with Gasteiger partial charge in [0.2, 0.25) is 16.0 Å². The Hall–Kier alpha value is -2.74. The second-order valence-corrected chi connectivity index (χ2v) is 9.76. The van der Waals surface area contributed by atoms with Crippen LogP contribution in [0.1, 0.15) is 61.9 Å². The molecule has 1 aliphatic carbocycles. The lowest BCUT2D eigenvalue weighted by atomic mass is 9.87. The smallest absolute Gasteiger partial charge is 0.275 e. The van der Waals surface area contributed by atoms with E-state index >= 15 is 0 Å². The van der Waals surface area contributed by atoms with Gasteiger partial charge in [0.25, 0.3) is 5.56 Å². The number of piperidine rings is 1. The van der Waals surface area contributed by atoms with Gasteiger partial charge in [-0.2, -0.15) is 4.52 Å². The molecule has 168 valence electrons. The van der Waals surface area contributed by atoms with E-state index in [1.54, 1.807) is 6.07 Å². The van der Waals surface area contributed by atoms with E-state index in [2.05, 4.69) is 51.5 Å². The first-order valence-corrected chi connectivity index (χ1v) is 12.5. The molecule has 3 aromatic rings. The summed E-state index contributed by atoms with van der Waals surface area (Å²) in [4.78, 5) is 32.8. The number of carbonyl (C=O) groups is 1. The van der Waals surface area contributed by atoms with Crippen LogP contribution in [0.25, 0.3) is 4.96 Å². The molecule has 1 fully saturated rings. The minimum Gasteiger partial charge on any atom is -0.349 e. The minimum atomic E-state index is -0.122. The normalized spacial score (nSPS) is 19.2. The van der Waals surface area contributed by atoms with Crippen molar-refractivity contribution in [3.63, 3.8) is 0 Å². The van der Waals surface area contributed by atoms with E-state index < -0.39 is 0 Å². The molecule has 2 aromatic heterocycles. The minimum absolute atomic E-state index is 0.0201. The molecule has 0 bridgehead atoms. The molecule has 0 saturated carbocycles. The van der Waals surface area contributed by atoms with Gasteiger partial charge in [-0.3, -0.25) is 9.59 Å². The maximum absolute atomic E-state index is 13.0. The third kappa shape index (κ3) is 4.16. The summed E-state index contributed by atoms with van der Waals surface area (Å²) in [5.74, 6) is 0.185. The molecular weight excluding hydrogens is 422 g/mol. The highest BCUT2D eigenvalue weighted by atomic mass is 32.1. The summed E-state index contributed by atoms with van der Waals surface area (Å²) in [7, 11) is 0. The van der Waals surface area contributed by atoms with E-state index in [-0.39, 0.29) is 23.4 Å². The van der Waals surface area contributed by atoms with Crippen LogP contribution in [-0.2, 0) is 17.6 Å². The lowest BCUT2D eigenvalue weighted by molar-refractivity contribution is -0.126. The van der Waals surface area contributed by atoms with Gasteiger partial charge in [0, 0.05) is 30.8 Å². The predicted molar refractivity (Wildman–Crippen MR) is 126 cm³/mol. The topological polar surface area (TPSA) is 79.6 Å². The second-order valence-electron chi connectivity index (χ2n) is 8.83. The van der Waals surface area contributed by atoms with Crippen molar-refractivity contribution in [2.24, 2.45) is 5.92 Å². The molecule has 32 heavy (non-hydrogen) atoms. The highest BCUT2D eigenvalue weighted by molar-refractivity contribution is 7.20. The number of carbonyl (C=O) groups excluding carboxylic acids is 1. The highest BCUT2D eigenvalue weighted by Crippen LogP contribution is 2.31. The Bertz CT molecular complexity index is 1180. The summed E-state index contributed by atoms with van der Waals surface area (Å²) in [5, 5.41) is 8.64. The maximum atomic E-state index is 13.0. The number of rotatable bonds is 5. The van der Waals surface area contributed by atoms with Gasteiger partial charge in [-0.25, -0.2) is 4.98 Å². The van der Waals surface area contributed by atoms with E-state index in [4.69, 9.17) is 0 Å². The Balaban J connectivity index is 1.23. The first kappa shape index (κ1) is 21.1. The van der Waals surface area contributed by atoms with Crippen LogP contribution in [0.15, 0.2) is 35.1 Å². The van der Waals surface area contributed by atoms with E-state index in [1.165, 1.54) is 27.0 Å². The van der Waals surface area contributed by atoms with Crippen LogP contribution in [0.4, 0.5) is 5.13 Å². The van der Waals surface area contributed by atoms with Crippen molar-refractivity contribution >= 4 is 27.3 Å². The third-order valence-electron chi connectivity index (χ3n) is 6.62. The van der Waals surface area contributed by atoms with Crippen molar-refractivity contribution in [2.45, 2.75) is 57.9 Å². The number of anilines is 1. The summed E-state index contributed by atoms with van der Waals surface area (Å²) in [6.07, 6.45) is 6.56. The lowest BCUT2D eigenvalue weighted by Gasteiger charge is -2.33. The van der Waals surface area contributed by atoms with Crippen LogP contribution in [0.3, 0.4) is 0 Å². The van der Waals surface area contributed by atoms with Gasteiger partial charge >= 0.3 is 0 Å². The van der Waals surface area contributed by atoms with Crippen LogP contribution in [0.2, 0.25) is 0 Å². The van der Waals surface area contributed by atoms with Crippen molar-refractivity contribution in [3.05, 3.63) is 57.5 Å². The summed E-state index contributed by atoms with van der Waals surface area (Å²) >= 11 is 1.45. The van der Waals surface area contributed by atoms with Crippen molar-refractivity contribution in [2.75, 3.05) is 18.0 Å². The van der Waals surface area contributed by atoms with E-state index in [1.807, 2.05) is 0 Å². The molecule has 1 amide bonds. The molecule has 0 spiro atoms. The zero-order valence-electron chi connectivity index (χ0n) is 18.4. The Kier molecular flexibility index (Phi) is 5.95. The average Bonchev–Trinajstić information content (AvgIpc) is 3.24. The average molecular weight is 452 g/mol. The van der Waals surface area contributed by atoms with Crippen LogP contribution >= 0.6 is 11.3 Å². The number of aromatic nitrogens is 3. The molecule has 2 aliphatic rings. The molecule has 0 radical (unpaired) electrons. The molecule has 8 heteroatoms. The summed E-state index contributed by atoms with van der Waals surface area (Å²) < 4.78 is 1.40. The highest BCUT2D eigenvalue weighted by Gasteiger charge is 2.29. The van der Waals surface area contributed by atoms with Crippen molar-refractivity contribution in [1.29, 1.82) is 0 Å². The molecule has 1 aromatic carbocycles. The molecule has 1 N–H and O–H groups in total. The van der Waals surface area contributed by atoms with Crippen LogP contribution in [0, 0.1) is 5.92 Å². The molecule has 7 nitrogen and oxygen atoms in total. The zero-order valence-corrected chi connectivity index (χ0v) is 19.2. The van der Waals surface area contributed by atoms with Gasteiger partial charge in [-0.05, 0) is 49.7 Å². The fourth-order valence-electron chi connectivity index (χ4n) is 4.88. The zero-order chi connectivity index (χ0) is 22.1. The fourth-order valence-corrected chi connectivity index (χ4v) is 5.86. The first-order chi connectivity index (χ1) is 15.6. The molecule has 5 rings (SSSR count). The second kappa shape index (κ2) is 9.02. The standard InChI is InChI=1S/C24H29N5O2S/c1-2-6-18-15-21(30)29-23(25-18)32-24(27-29)28-13-11-17(12-14-28)22(31)26-20-10-5-8-16-7-3-4-9-19(16)20/h3-4,7,9,15,17,20H,2,5-6,8,10-14H2,1H3,(H,26,31). The van der Waals surface area contributed by atoms with Crippen LogP contribution in [0.5, 0.6) is 0 Å². The molecule has 3 heterocycles. The monoisotopic (exact) mass is 451 g/mol. The maximum Gasteiger partial charge on any atom is 0.275 e. The molecular formula is C24H29N5O2S. The van der Waals surface area contributed by atoms with Gasteiger partial charge < -0.3 is 10.2 Å². The number of amides is 1. The van der Waals surface area contributed by atoms with Crippen molar-refractivity contribution < 1.29 is 4.79 Å². The third-order valence-corrected chi connectivity index (χ3v) is 7.58. The molecule has 1 aliphatic heterocycles. The number of aryl methyl sites for hydroxylation is 2. The van der Waals surface area contributed by atoms with Crippen molar-refractivity contribution in [1.82, 2.24) is 19.9 Å². The van der Waals surface area contributed by atoms with Crippen LogP contribution < -0.4 is 15.8 Å². The SMILES string of the molecule is CCCc1cc(=O)n2nc(N3CCC(C(=O)NC4CCCc5ccccc54)CC3)sc2n1. The Labute approximate surface area is 191 Å². The van der Waals surface area contributed by atoms with Gasteiger partial charge in [0.1, 0.15) is 0 Å². The van der Waals surface area contributed by atoms with Crippen LogP contribution in [-0.4, -0.2) is 33.6 Å². The number of hydrogen-bond donors (Lipinski definition) is 1. The van der Waals surface area contributed by atoms with E-state index in [9.17, 15) is 9.59 Å². The van der Waals surface area contributed by atoms with Crippen molar-refractivity contribution in [3.8, 4) is 0 Å². The molecule has 1 unspecified atom stereocenters. The van der Waals surface area contributed by atoms with Gasteiger partial charge in [-0.15, -0.1) is 5.10 Å². The van der Waals surface area contributed by atoms with E-state index in [0.29, 0.717) is 4.96 Å². The molecule has 1 saturated heterocycles. The quantitative estimate of drug-likeness (QED) is 0.642. The number of hydrogen-bond acceptors (Lipinski definition) is 6. The molecule has 1 atom stereocenters.